The number of carboxylic acid groups (broad SMARTS) is 1. The highest BCUT2D eigenvalue weighted by atomic mass is 16.5. The maximum Gasteiger partial charge on any atom is 0.305 e. The van der Waals surface area contributed by atoms with Gasteiger partial charge >= 0.3 is 5.97 Å². The minimum atomic E-state index is -0.250. The summed E-state index contributed by atoms with van der Waals surface area (Å²) in [5, 5.41) is 6.89. The first-order chi connectivity index (χ1) is 10.2. The van der Waals surface area contributed by atoms with Crippen LogP contribution in [0.3, 0.4) is 0 Å². The summed E-state index contributed by atoms with van der Waals surface area (Å²) >= 11 is 0. The zero-order valence-corrected chi connectivity index (χ0v) is 12.8. The van der Waals surface area contributed by atoms with E-state index in [9.17, 15) is 4.79 Å². The molecule has 1 aromatic rings. The molecular formula is C17H26O4. The quantitative estimate of drug-likeness (QED) is 0.427. The van der Waals surface area contributed by atoms with Crippen LogP contribution in [-0.4, -0.2) is 24.2 Å². The van der Waals surface area contributed by atoms with Crippen LogP contribution in [0, 0.1) is 0 Å². The highest BCUT2D eigenvalue weighted by molar-refractivity contribution is 5.69. The summed E-state index contributed by atoms with van der Waals surface area (Å²) in [7, 11) is 0. The summed E-state index contributed by atoms with van der Waals surface area (Å²) in [4.78, 5) is 19.8. The van der Waals surface area contributed by atoms with Crippen molar-refractivity contribution in [2.75, 3.05) is 6.61 Å². The molecule has 0 aromatic heterocycles. The van der Waals surface area contributed by atoms with E-state index in [0.717, 1.165) is 19.3 Å². The lowest BCUT2D eigenvalue weighted by atomic mass is 10.1. The van der Waals surface area contributed by atoms with Gasteiger partial charge in [-0.25, -0.2) is 0 Å². The van der Waals surface area contributed by atoms with Gasteiger partial charge in [0.25, 0.3) is 6.47 Å². The molecule has 0 heterocycles. The number of unbranched alkanes of at least 4 members (excludes halogenated alkanes) is 4. The molecule has 21 heavy (non-hydrogen) atoms. The SMILES string of the molecule is CCCCCCCC(=O)OCCc1ccccc1.O=CO. The number of hydrogen-bond donors (Lipinski definition) is 1. The molecule has 1 aromatic carbocycles. The van der Waals surface area contributed by atoms with E-state index >= 15 is 0 Å². The monoisotopic (exact) mass is 294 g/mol. The van der Waals surface area contributed by atoms with E-state index in [2.05, 4.69) is 19.1 Å². The first kappa shape index (κ1) is 19.2. The van der Waals surface area contributed by atoms with Gasteiger partial charge in [0, 0.05) is 12.8 Å². The Morgan fingerprint density at radius 1 is 1.14 bits per heavy atom. The van der Waals surface area contributed by atoms with Crippen molar-refractivity contribution in [2.24, 2.45) is 0 Å². The van der Waals surface area contributed by atoms with E-state index in [1.807, 2.05) is 18.2 Å². The van der Waals surface area contributed by atoms with Crippen molar-refractivity contribution in [3.63, 3.8) is 0 Å². The van der Waals surface area contributed by atoms with Gasteiger partial charge < -0.3 is 9.84 Å². The molecule has 0 aliphatic heterocycles. The Balaban J connectivity index is 0.00000122. The standard InChI is InChI=1S/C16H24O2.CH2O2/c1-2-3-4-5-9-12-16(17)18-14-13-15-10-7-6-8-11-15;2-1-3/h6-8,10-11H,2-5,9,12-14H2,1H3;1H,(H,2,3). The Morgan fingerprint density at radius 2 is 1.76 bits per heavy atom. The fourth-order valence-corrected chi connectivity index (χ4v) is 1.87. The summed E-state index contributed by atoms with van der Waals surface area (Å²) < 4.78 is 5.21. The molecule has 0 radical (unpaired) electrons. The van der Waals surface area contributed by atoms with Crippen LogP contribution in [0.15, 0.2) is 30.3 Å². The summed E-state index contributed by atoms with van der Waals surface area (Å²) in [6.45, 7) is 2.44. The molecule has 0 bridgehead atoms. The second-order valence-electron chi connectivity index (χ2n) is 4.73. The Labute approximate surface area is 127 Å². The average Bonchev–Trinajstić information content (AvgIpc) is 2.49. The number of carbonyl (C=O) groups is 2. The molecule has 4 nitrogen and oxygen atoms in total. The smallest absolute Gasteiger partial charge is 0.305 e. The van der Waals surface area contributed by atoms with E-state index in [1.54, 1.807) is 0 Å². The van der Waals surface area contributed by atoms with Crippen LogP contribution in [0.5, 0.6) is 0 Å². The van der Waals surface area contributed by atoms with Crippen LogP contribution in [0.1, 0.15) is 51.0 Å². The van der Waals surface area contributed by atoms with Crippen molar-refractivity contribution < 1.29 is 19.4 Å². The van der Waals surface area contributed by atoms with E-state index < -0.39 is 0 Å². The third-order valence-corrected chi connectivity index (χ3v) is 2.98. The zero-order chi connectivity index (χ0) is 15.8. The van der Waals surface area contributed by atoms with Crippen molar-refractivity contribution in [1.82, 2.24) is 0 Å². The van der Waals surface area contributed by atoms with Gasteiger partial charge in [-0.1, -0.05) is 62.9 Å². The fraction of sp³-hybridized carbons (Fsp3) is 0.529. The van der Waals surface area contributed by atoms with Crippen molar-refractivity contribution in [1.29, 1.82) is 0 Å². The maximum atomic E-state index is 11.4. The summed E-state index contributed by atoms with van der Waals surface area (Å²) in [6, 6.07) is 10.1. The van der Waals surface area contributed by atoms with E-state index in [-0.39, 0.29) is 12.4 Å². The third-order valence-electron chi connectivity index (χ3n) is 2.98. The number of esters is 1. The molecule has 0 saturated carbocycles. The first-order valence-corrected chi connectivity index (χ1v) is 7.52. The lowest BCUT2D eigenvalue weighted by molar-refractivity contribution is -0.143. The van der Waals surface area contributed by atoms with Gasteiger partial charge in [0.1, 0.15) is 0 Å². The maximum absolute atomic E-state index is 11.4. The second-order valence-corrected chi connectivity index (χ2v) is 4.73. The molecule has 0 saturated heterocycles. The normalized spacial score (nSPS) is 9.38. The molecule has 0 fully saturated rings. The molecule has 4 heteroatoms. The Hall–Kier alpha value is -1.84. The van der Waals surface area contributed by atoms with Gasteiger partial charge in [-0.2, -0.15) is 0 Å². The second kappa shape index (κ2) is 14.6. The minimum absolute atomic E-state index is 0.0533. The molecule has 0 atom stereocenters. The first-order valence-electron chi connectivity index (χ1n) is 7.52. The lowest BCUT2D eigenvalue weighted by Crippen LogP contribution is -2.07. The van der Waals surface area contributed by atoms with Gasteiger partial charge in [-0.3, -0.25) is 9.59 Å². The van der Waals surface area contributed by atoms with Crippen LogP contribution in [-0.2, 0) is 20.7 Å². The molecule has 0 aliphatic carbocycles. The molecular weight excluding hydrogens is 268 g/mol. The number of ether oxygens (including phenoxy) is 1. The summed E-state index contributed by atoms with van der Waals surface area (Å²) in [6.07, 6.45) is 7.21. The van der Waals surface area contributed by atoms with Crippen molar-refractivity contribution >= 4 is 12.4 Å². The molecule has 0 unspecified atom stereocenters. The van der Waals surface area contributed by atoms with Crippen molar-refractivity contribution in [3.8, 4) is 0 Å². The van der Waals surface area contributed by atoms with Crippen molar-refractivity contribution in [3.05, 3.63) is 35.9 Å². The number of benzene rings is 1. The van der Waals surface area contributed by atoms with Crippen LogP contribution in [0.4, 0.5) is 0 Å². The predicted octanol–water partition coefficient (Wildman–Crippen LogP) is 3.83. The van der Waals surface area contributed by atoms with Gasteiger partial charge in [-0.05, 0) is 12.0 Å². The van der Waals surface area contributed by atoms with E-state index in [0.29, 0.717) is 13.0 Å². The molecule has 0 aliphatic rings. The Kier molecular flexibility index (Phi) is 13.3. The van der Waals surface area contributed by atoms with E-state index in [1.165, 1.54) is 24.8 Å². The van der Waals surface area contributed by atoms with Crippen LogP contribution in [0.2, 0.25) is 0 Å². The Morgan fingerprint density at radius 3 is 2.38 bits per heavy atom. The number of carbonyl (C=O) groups excluding carboxylic acids is 1. The molecule has 118 valence electrons. The average molecular weight is 294 g/mol. The molecule has 1 rings (SSSR count). The van der Waals surface area contributed by atoms with Crippen LogP contribution < -0.4 is 0 Å². The Bertz CT molecular complexity index is 362. The van der Waals surface area contributed by atoms with Gasteiger partial charge in [0.05, 0.1) is 6.61 Å². The highest BCUT2D eigenvalue weighted by Crippen LogP contribution is 2.06. The van der Waals surface area contributed by atoms with E-state index in [4.69, 9.17) is 14.6 Å². The predicted molar refractivity (Wildman–Crippen MR) is 83.2 cm³/mol. The largest absolute Gasteiger partial charge is 0.483 e. The summed E-state index contributed by atoms with van der Waals surface area (Å²) in [5.74, 6) is -0.0533. The third kappa shape index (κ3) is 12.9. The number of hydrogen-bond acceptors (Lipinski definition) is 3. The van der Waals surface area contributed by atoms with Crippen LogP contribution >= 0.6 is 0 Å². The van der Waals surface area contributed by atoms with Crippen molar-refractivity contribution in [2.45, 2.75) is 51.9 Å². The van der Waals surface area contributed by atoms with Gasteiger partial charge in [0.15, 0.2) is 0 Å². The molecule has 1 N–H and O–H groups in total. The molecule has 0 amide bonds. The van der Waals surface area contributed by atoms with Crippen LogP contribution in [0.25, 0.3) is 0 Å². The zero-order valence-electron chi connectivity index (χ0n) is 12.8. The highest BCUT2D eigenvalue weighted by Gasteiger charge is 2.02. The van der Waals surface area contributed by atoms with Gasteiger partial charge in [0.2, 0.25) is 0 Å². The topological polar surface area (TPSA) is 63.6 Å². The minimum Gasteiger partial charge on any atom is -0.483 e. The molecule has 0 spiro atoms. The lowest BCUT2D eigenvalue weighted by Gasteiger charge is -2.05. The van der Waals surface area contributed by atoms with Gasteiger partial charge in [-0.15, -0.1) is 0 Å². The summed E-state index contributed by atoms with van der Waals surface area (Å²) in [5.41, 5.74) is 1.22. The fourth-order valence-electron chi connectivity index (χ4n) is 1.87. The number of rotatable bonds is 9.